The number of anilines is 3. The second-order valence-corrected chi connectivity index (χ2v) is 33.1. The molecule has 0 spiro atoms. The maximum Gasteiger partial charge on any atom is 0.524 e. The molecule has 2 bridgehead atoms. The van der Waals surface area contributed by atoms with E-state index in [0.717, 1.165) is 33.2 Å². The molecule has 8 amide bonds. The van der Waals surface area contributed by atoms with E-state index >= 15 is 4.79 Å². The largest absolute Gasteiger partial charge is 0.524 e. The molecule has 113 heavy (non-hydrogen) atoms. The van der Waals surface area contributed by atoms with Gasteiger partial charge in [0.25, 0.3) is 10.3 Å². The average molecular weight is 1690 g/mol. The summed E-state index contributed by atoms with van der Waals surface area (Å²) in [6.45, 7) is 13.0. The molecule has 0 radical (unpaired) electrons. The van der Waals surface area contributed by atoms with Gasteiger partial charge < -0.3 is 93.7 Å². The molecule has 9 N–H and O–H groups in total. The second kappa shape index (κ2) is 40.0. The van der Waals surface area contributed by atoms with Crippen LogP contribution in [-0.2, 0) is 77.9 Å². The topological polar surface area (TPSA) is 387 Å². The summed E-state index contributed by atoms with van der Waals surface area (Å²) in [5, 5.41) is 9.90. The number of imide groups is 1. The minimum absolute atomic E-state index is 0.0124. The van der Waals surface area contributed by atoms with Crippen molar-refractivity contribution in [1.82, 2.24) is 35.3 Å². The van der Waals surface area contributed by atoms with Crippen LogP contribution in [0.4, 0.5) is 21.9 Å². The first kappa shape index (κ1) is 88.1. The number of H-pyrrole nitrogens is 2. The van der Waals surface area contributed by atoms with Gasteiger partial charge in [0, 0.05) is 137 Å². The monoisotopic (exact) mass is 1690 g/mol. The molecule has 5 heterocycles. The Labute approximate surface area is 681 Å². The zero-order chi connectivity index (χ0) is 81.5. The highest BCUT2D eigenvalue weighted by atomic mass is 35.5. The Hall–Kier alpha value is -7.28. The number of likely N-dealkylation sites (tertiary alicyclic amines) is 1. The van der Waals surface area contributed by atoms with E-state index in [9.17, 15) is 47.9 Å². The molecular weight excluding hydrogens is 1580 g/mol. The number of amides is 8. The number of thiocarbonyl (C=S) groups is 2. The van der Waals surface area contributed by atoms with Crippen LogP contribution in [0, 0.1) is 36.5 Å². The summed E-state index contributed by atoms with van der Waals surface area (Å²) < 4.78 is 63.1. The van der Waals surface area contributed by atoms with Crippen LogP contribution in [0.15, 0.2) is 48.8 Å². The molecule has 2 aromatic heterocycles. The molecule has 5 aromatic rings. The summed E-state index contributed by atoms with van der Waals surface area (Å²) in [6.07, 6.45) is 6.99. The third-order valence-electron chi connectivity index (χ3n) is 21.1. The lowest BCUT2D eigenvalue weighted by Crippen LogP contribution is -2.73. The van der Waals surface area contributed by atoms with Crippen molar-refractivity contribution in [2.75, 3.05) is 166 Å². The van der Waals surface area contributed by atoms with Gasteiger partial charge in [0.15, 0.2) is 17.3 Å². The van der Waals surface area contributed by atoms with Gasteiger partial charge in [0.1, 0.15) is 6.61 Å². The van der Waals surface area contributed by atoms with Crippen LogP contribution in [0.5, 0.6) is 11.5 Å². The van der Waals surface area contributed by atoms with Gasteiger partial charge >= 0.3 is 13.9 Å². The van der Waals surface area contributed by atoms with E-state index in [-0.39, 0.29) is 159 Å². The minimum atomic E-state index is -4.98. The number of primary amides is 1. The Morgan fingerprint density at radius 1 is 0.735 bits per heavy atom. The number of aromatic amines is 2. The Morgan fingerprint density at radius 3 is 1.72 bits per heavy atom. The number of phosphoric ester groups is 1. The maximum absolute atomic E-state index is 15.0. The van der Waals surface area contributed by atoms with Crippen molar-refractivity contribution >= 4 is 164 Å². The molecule has 3 aliphatic heterocycles. The number of rotatable bonds is 45. The lowest BCUT2D eigenvalue weighted by atomic mass is 9.34. The summed E-state index contributed by atoms with van der Waals surface area (Å²) in [6, 6.07) is 8.68. The third kappa shape index (κ3) is 21.7. The summed E-state index contributed by atoms with van der Waals surface area (Å²) >= 11 is 26.2. The number of halogens is 2. The van der Waals surface area contributed by atoms with Gasteiger partial charge in [-0.05, 0) is 123 Å². The van der Waals surface area contributed by atoms with Crippen LogP contribution >= 0.6 is 67.2 Å². The number of likely N-dealkylation sites (N-methyl/N-ethyl adjacent to an activating group) is 2. The van der Waals surface area contributed by atoms with E-state index in [1.54, 1.807) is 78.0 Å². The number of nitrogens with one attached hydrogen (secondary N) is 5. The van der Waals surface area contributed by atoms with E-state index in [1.807, 2.05) is 32.4 Å². The molecular formula is C76H102Cl2N11O20PS3. The van der Waals surface area contributed by atoms with Crippen LogP contribution in [0.3, 0.4) is 0 Å². The summed E-state index contributed by atoms with van der Waals surface area (Å²) in [7, 11) is -1.40. The van der Waals surface area contributed by atoms with Gasteiger partial charge in [-0.3, -0.25) is 48.2 Å². The van der Waals surface area contributed by atoms with Crippen molar-refractivity contribution < 1.29 is 95.1 Å². The highest BCUT2D eigenvalue weighted by molar-refractivity contribution is 8.00. The fourth-order valence-corrected chi connectivity index (χ4v) is 17.2. The molecule has 5 atom stereocenters. The van der Waals surface area contributed by atoms with Crippen molar-refractivity contribution in [3.63, 3.8) is 0 Å². The van der Waals surface area contributed by atoms with Crippen LogP contribution in [-0.4, -0.2) is 254 Å². The molecule has 6 aliphatic rings. The Bertz CT molecular complexity index is 4320. The normalized spacial score (nSPS) is 19.4. The summed E-state index contributed by atoms with van der Waals surface area (Å²) in [5.74, 6) is -2.59. The first-order valence-electron chi connectivity index (χ1n) is 37.7. The lowest BCUT2D eigenvalue weighted by Gasteiger charge is -2.69. The molecule has 3 aliphatic carbocycles. The van der Waals surface area contributed by atoms with Gasteiger partial charge in [0.05, 0.1) is 130 Å². The number of aromatic nitrogens is 2. The zero-order valence-corrected chi connectivity index (χ0v) is 69.4. The number of Topliss-reactive ketones (excluding diaryl/α,β-unsaturated/α-hetero) is 1. The number of urea groups is 1. The first-order valence-corrected chi connectivity index (χ1v) is 42.4. The van der Waals surface area contributed by atoms with Gasteiger partial charge in [-0.25, -0.2) is 9.36 Å². The number of nitrogens with zero attached hydrogens (tertiary/aromatic N) is 5. The number of hydrogen-bond donors (Lipinski definition) is 8. The molecule has 3 saturated carbocycles. The van der Waals surface area contributed by atoms with Crippen molar-refractivity contribution in [2.45, 2.75) is 109 Å². The molecule has 5 unspecified atom stereocenters. The standard InChI is InChI=1S/C76H102Cl2N11O20PS3/c1-45(2)65(84-59(91)14-19-101-21-23-103-25-27-105-29-30-106-28-26-104-24-22-102-20-18-87-60(92)34-58(113-7)69(87)94)55(90)31-49(9-8-15-80-72(79)97)68(93)83-52-12-10-48(11-13-52)41-107-73(111)85(5)16-17-86(6)74(112)108-56-32-53-63(61-46(3)37-81-66(56)61)50(35-77)39-88(53)70(95)75-42-76(43-75,44-75)71(96)89-40-51(36-78)64-54(89)33-57(109-110(98,99)100)67-62(64)47(4)38-82-67/h10-13,32-33,37-38,45,49-51,58,65,81-82H,8-9,14-31,34-36,39-44H2,1-7H3,(H,83,93)(H,84,91)(H3,79,80,97)(H2,98,99,100). The molecule has 618 valence electrons. The SMILES string of the molecule is CSC1CC(=O)N(CCOCCOCCOCCOCCOCCOCCC(=O)NC(C(=O)CC(CCCNC(N)=O)C(=O)Nc2ccc(COC(=S)N(C)CCN(C)C(=S)Oc3cc4c(c5c(C)c[nH]c35)C(CCl)CN4C(=O)C34CC(C(=O)N5CC(CCl)c6c5cc(OP(=O)(O)O)c5[nH]cc(C)c65)(C3)C4)cc2)C(C)C)C1=O. The number of ketones is 1. The third-order valence-corrected chi connectivity index (χ3v) is 24.1. The van der Waals surface area contributed by atoms with Crippen molar-refractivity contribution in [3.8, 4) is 11.5 Å². The van der Waals surface area contributed by atoms with Crippen molar-refractivity contribution in [1.29, 1.82) is 0 Å². The Kier molecular flexibility index (Phi) is 31.2. The first-order chi connectivity index (χ1) is 54.0. The highest BCUT2D eigenvalue weighted by Gasteiger charge is 2.76. The number of hydrogen-bond acceptors (Lipinski definition) is 21. The number of carbonyl (C=O) groups excluding carboxylic acids is 8. The second-order valence-electron chi connectivity index (χ2n) is 29.5. The van der Waals surface area contributed by atoms with E-state index in [4.69, 9.17) is 95.8 Å². The van der Waals surface area contributed by atoms with Gasteiger partial charge in [-0.2, -0.15) is 11.8 Å². The Morgan fingerprint density at radius 2 is 1.23 bits per heavy atom. The summed E-state index contributed by atoms with van der Waals surface area (Å²) in [4.78, 5) is 141. The molecule has 3 aromatic carbocycles. The number of ether oxygens (including phenoxy) is 8. The van der Waals surface area contributed by atoms with E-state index < -0.39 is 48.5 Å². The number of nitrogens with two attached hydrogens (primary N) is 1. The number of thioether (sulfide) groups is 1. The van der Waals surface area contributed by atoms with Crippen LogP contribution in [0.2, 0.25) is 0 Å². The number of fused-ring (bicyclic) bond motifs is 6. The van der Waals surface area contributed by atoms with Crippen molar-refractivity contribution in [2.24, 2.45) is 28.4 Å². The highest BCUT2D eigenvalue weighted by Crippen LogP contribution is 2.75. The number of phosphoric acid groups is 1. The number of aryl methyl sites for hydroxylation is 2. The average Bonchev–Trinajstić information content (AvgIpc) is 1.57. The van der Waals surface area contributed by atoms with Crippen molar-refractivity contribution in [3.05, 3.63) is 76.6 Å². The molecule has 4 fully saturated rings. The number of alkyl halides is 2. The quantitative estimate of drug-likeness (QED) is 0.00600. The molecule has 31 nitrogen and oxygen atoms in total. The van der Waals surface area contributed by atoms with Crippen LogP contribution in [0.25, 0.3) is 21.8 Å². The smallest absolute Gasteiger partial charge is 0.466 e. The fourth-order valence-electron chi connectivity index (χ4n) is 15.3. The van der Waals surface area contributed by atoms with Gasteiger partial charge in [-0.15, -0.1) is 23.2 Å². The molecule has 1 saturated heterocycles. The van der Waals surface area contributed by atoms with Gasteiger partial charge in [-0.1, -0.05) is 26.0 Å². The fraction of sp³-hybridized carbons (Fsp3) is 0.579. The summed E-state index contributed by atoms with van der Waals surface area (Å²) in [5.41, 5.74) is 10.6. The van der Waals surface area contributed by atoms with E-state index in [2.05, 4.69) is 25.9 Å². The van der Waals surface area contributed by atoms with Crippen LogP contribution in [0.1, 0.15) is 105 Å². The maximum atomic E-state index is 15.0. The van der Waals surface area contributed by atoms with E-state index in [1.165, 1.54) is 22.7 Å². The van der Waals surface area contributed by atoms with Gasteiger partial charge in [0.2, 0.25) is 35.4 Å². The molecule has 37 heteroatoms. The molecule has 11 rings (SSSR count). The predicted molar refractivity (Wildman–Crippen MR) is 435 cm³/mol. The number of benzene rings is 3. The lowest BCUT2D eigenvalue weighted by molar-refractivity contribution is -0.205. The van der Waals surface area contributed by atoms with E-state index in [0.29, 0.717) is 137 Å². The minimum Gasteiger partial charge on any atom is -0.466 e. The predicted octanol–water partition coefficient (Wildman–Crippen LogP) is 8.06. The number of carbonyl (C=O) groups is 8. The zero-order valence-electron chi connectivity index (χ0n) is 64.6. The Balaban J connectivity index is 0.623. The van der Waals surface area contributed by atoms with Crippen LogP contribution < -0.4 is 40.7 Å².